The lowest BCUT2D eigenvalue weighted by atomic mass is 10.4. The van der Waals surface area contributed by atoms with Gasteiger partial charge < -0.3 is 4.90 Å². The Balaban J connectivity index is 2.22. The molecule has 0 fully saturated rings. The van der Waals surface area contributed by atoms with Crippen LogP contribution in [0.15, 0.2) is 35.2 Å². The maximum Gasteiger partial charge on any atom is 0.0351 e. The Kier molecular flexibility index (Phi) is 7.73. The molecule has 16 heavy (non-hydrogen) atoms. The number of nitrogens with zero attached hydrogens (tertiary/aromatic N) is 1. The van der Waals surface area contributed by atoms with Crippen LogP contribution in [0.2, 0.25) is 0 Å². The van der Waals surface area contributed by atoms with Gasteiger partial charge in [-0.1, -0.05) is 25.1 Å². The summed E-state index contributed by atoms with van der Waals surface area (Å²) >= 11 is 7.70. The van der Waals surface area contributed by atoms with Crippen molar-refractivity contribution in [2.24, 2.45) is 0 Å². The average molecular weight is 258 g/mol. The van der Waals surface area contributed by atoms with Gasteiger partial charge in [-0.2, -0.15) is 0 Å². The number of benzene rings is 1. The molecule has 0 aliphatic rings. The molecule has 0 atom stereocenters. The molecule has 0 amide bonds. The van der Waals surface area contributed by atoms with E-state index in [-0.39, 0.29) is 0 Å². The molecule has 1 nitrogen and oxygen atoms in total. The molecule has 0 N–H and O–H groups in total. The lowest BCUT2D eigenvalue weighted by Crippen LogP contribution is -2.28. The Hall–Kier alpha value is -0.180. The molecule has 1 rings (SSSR count). The summed E-state index contributed by atoms with van der Waals surface area (Å²) < 4.78 is 0. The van der Waals surface area contributed by atoms with Crippen molar-refractivity contribution in [3.05, 3.63) is 30.3 Å². The maximum absolute atomic E-state index is 5.78. The van der Waals surface area contributed by atoms with E-state index in [0.717, 1.165) is 31.3 Å². The molecular formula is C13H20ClNS. The topological polar surface area (TPSA) is 3.24 Å². The minimum Gasteiger partial charge on any atom is -0.301 e. The molecule has 3 heteroatoms. The second kappa shape index (κ2) is 8.91. The van der Waals surface area contributed by atoms with Crippen LogP contribution in [0.3, 0.4) is 0 Å². The fourth-order valence-electron chi connectivity index (χ4n) is 1.58. The van der Waals surface area contributed by atoms with Crippen molar-refractivity contribution in [2.75, 3.05) is 31.3 Å². The highest BCUT2D eigenvalue weighted by Crippen LogP contribution is 2.16. The van der Waals surface area contributed by atoms with Gasteiger partial charge in [0.2, 0.25) is 0 Å². The molecule has 0 radical (unpaired) electrons. The van der Waals surface area contributed by atoms with Gasteiger partial charge in [0, 0.05) is 29.6 Å². The molecule has 0 unspecified atom stereocenters. The molecule has 0 bridgehead atoms. The smallest absolute Gasteiger partial charge is 0.0351 e. The Bertz CT molecular complexity index is 260. The quantitative estimate of drug-likeness (QED) is 0.516. The van der Waals surface area contributed by atoms with Crippen LogP contribution >= 0.6 is 23.4 Å². The summed E-state index contributed by atoms with van der Waals surface area (Å²) in [7, 11) is 0. The lowest BCUT2D eigenvalue weighted by Gasteiger charge is -2.19. The number of alkyl halides is 1. The van der Waals surface area contributed by atoms with Gasteiger partial charge in [0.15, 0.2) is 0 Å². The zero-order chi connectivity index (χ0) is 11.6. The van der Waals surface area contributed by atoms with E-state index in [0.29, 0.717) is 0 Å². The van der Waals surface area contributed by atoms with E-state index in [1.807, 2.05) is 11.8 Å². The van der Waals surface area contributed by atoms with Crippen molar-refractivity contribution in [3.63, 3.8) is 0 Å². The van der Waals surface area contributed by atoms with Crippen LogP contribution in [0.4, 0.5) is 0 Å². The van der Waals surface area contributed by atoms with Crippen LogP contribution in [0, 0.1) is 0 Å². The Morgan fingerprint density at radius 2 is 1.88 bits per heavy atom. The summed E-state index contributed by atoms with van der Waals surface area (Å²) in [5.41, 5.74) is 0. The van der Waals surface area contributed by atoms with Crippen molar-refractivity contribution >= 4 is 23.4 Å². The fourth-order valence-corrected chi connectivity index (χ4v) is 2.75. The van der Waals surface area contributed by atoms with Gasteiger partial charge in [0.25, 0.3) is 0 Å². The van der Waals surface area contributed by atoms with Gasteiger partial charge in [-0.05, 0) is 25.1 Å². The van der Waals surface area contributed by atoms with Crippen LogP contribution in [0.1, 0.15) is 13.3 Å². The number of hydrogen-bond acceptors (Lipinski definition) is 2. The van der Waals surface area contributed by atoms with Crippen molar-refractivity contribution in [1.82, 2.24) is 4.90 Å². The van der Waals surface area contributed by atoms with Gasteiger partial charge in [-0.25, -0.2) is 0 Å². The molecule has 0 aromatic heterocycles. The monoisotopic (exact) mass is 257 g/mol. The molecule has 0 saturated heterocycles. The van der Waals surface area contributed by atoms with Gasteiger partial charge >= 0.3 is 0 Å². The summed E-state index contributed by atoms with van der Waals surface area (Å²) in [6, 6.07) is 10.6. The standard InChI is InChI=1S/C13H20ClNS/c1-2-9-15(10-8-14)11-12-16-13-6-4-3-5-7-13/h3-7H,2,8-12H2,1H3. The van der Waals surface area contributed by atoms with E-state index in [1.54, 1.807) is 0 Å². The van der Waals surface area contributed by atoms with Crippen LogP contribution < -0.4 is 0 Å². The third-order valence-electron chi connectivity index (χ3n) is 2.36. The second-order valence-electron chi connectivity index (χ2n) is 3.69. The van der Waals surface area contributed by atoms with E-state index >= 15 is 0 Å². The number of hydrogen-bond donors (Lipinski definition) is 0. The minimum atomic E-state index is 0.732. The third kappa shape index (κ3) is 5.78. The number of rotatable bonds is 8. The van der Waals surface area contributed by atoms with E-state index in [4.69, 9.17) is 11.6 Å². The van der Waals surface area contributed by atoms with E-state index in [1.165, 1.54) is 11.3 Å². The van der Waals surface area contributed by atoms with Crippen LogP contribution in [0.5, 0.6) is 0 Å². The molecule has 0 aliphatic heterocycles. The zero-order valence-corrected chi connectivity index (χ0v) is 11.4. The molecule has 0 saturated carbocycles. The van der Waals surface area contributed by atoms with E-state index in [9.17, 15) is 0 Å². The molecule has 0 heterocycles. The molecule has 0 aliphatic carbocycles. The summed E-state index contributed by atoms with van der Waals surface area (Å²) in [5, 5.41) is 0. The van der Waals surface area contributed by atoms with Crippen molar-refractivity contribution in [3.8, 4) is 0 Å². The summed E-state index contributed by atoms with van der Waals surface area (Å²) in [5.74, 6) is 1.87. The van der Waals surface area contributed by atoms with Crippen LogP contribution in [0.25, 0.3) is 0 Å². The maximum atomic E-state index is 5.78. The first-order chi connectivity index (χ1) is 7.86. The molecule has 0 spiro atoms. The number of halogens is 1. The van der Waals surface area contributed by atoms with Crippen LogP contribution in [-0.2, 0) is 0 Å². The minimum absolute atomic E-state index is 0.732. The predicted octanol–water partition coefficient (Wildman–Crippen LogP) is 3.73. The third-order valence-corrected chi connectivity index (χ3v) is 3.52. The number of thioether (sulfide) groups is 1. The van der Waals surface area contributed by atoms with Gasteiger partial charge in [0.1, 0.15) is 0 Å². The first-order valence-corrected chi connectivity index (χ1v) is 7.35. The molecule has 1 aromatic rings. The highest BCUT2D eigenvalue weighted by atomic mass is 35.5. The average Bonchev–Trinajstić information content (AvgIpc) is 2.31. The Morgan fingerprint density at radius 1 is 1.12 bits per heavy atom. The zero-order valence-electron chi connectivity index (χ0n) is 9.86. The van der Waals surface area contributed by atoms with Crippen LogP contribution in [-0.4, -0.2) is 36.2 Å². The fraction of sp³-hybridized carbons (Fsp3) is 0.538. The normalized spacial score (nSPS) is 10.9. The highest BCUT2D eigenvalue weighted by Gasteiger charge is 2.02. The van der Waals surface area contributed by atoms with Gasteiger partial charge in [-0.15, -0.1) is 23.4 Å². The summed E-state index contributed by atoms with van der Waals surface area (Å²) in [6.07, 6.45) is 1.20. The van der Waals surface area contributed by atoms with Crippen molar-refractivity contribution in [2.45, 2.75) is 18.2 Å². The predicted molar refractivity (Wildman–Crippen MR) is 74.6 cm³/mol. The molecule has 90 valence electrons. The first kappa shape index (κ1) is 13.9. The molecular weight excluding hydrogens is 238 g/mol. The Labute approximate surface area is 108 Å². The van der Waals surface area contributed by atoms with E-state index in [2.05, 4.69) is 42.2 Å². The van der Waals surface area contributed by atoms with E-state index < -0.39 is 0 Å². The summed E-state index contributed by atoms with van der Waals surface area (Å²) in [4.78, 5) is 3.79. The van der Waals surface area contributed by atoms with Crippen molar-refractivity contribution < 1.29 is 0 Å². The SMILES string of the molecule is CCCN(CCCl)CCSc1ccccc1. The highest BCUT2D eigenvalue weighted by molar-refractivity contribution is 7.99. The van der Waals surface area contributed by atoms with Crippen molar-refractivity contribution in [1.29, 1.82) is 0 Å². The van der Waals surface area contributed by atoms with Gasteiger partial charge in [-0.3, -0.25) is 0 Å². The largest absolute Gasteiger partial charge is 0.301 e. The first-order valence-electron chi connectivity index (χ1n) is 5.83. The lowest BCUT2D eigenvalue weighted by molar-refractivity contribution is 0.309. The molecule has 1 aromatic carbocycles. The Morgan fingerprint density at radius 3 is 2.50 bits per heavy atom. The second-order valence-corrected chi connectivity index (χ2v) is 5.24. The van der Waals surface area contributed by atoms with Gasteiger partial charge in [0.05, 0.1) is 0 Å². The summed E-state index contributed by atoms with van der Waals surface area (Å²) in [6.45, 7) is 5.50.